The predicted octanol–water partition coefficient (Wildman–Crippen LogP) is 2.20. The number of thiophene rings is 1. The van der Waals surface area contributed by atoms with Crippen molar-refractivity contribution in [3.63, 3.8) is 0 Å². The van der Waals surface area contributed by atoms with Crippen molar-refractivity contribution in [2.75, 3.05) is 18.9 Å². The summed E-state index contributed by atoms with van der Waals surface area (Å²) >= 11 is 2.73. The summed E-state index contributed by atoms with van der Waals surface area (Å²) in [5.41, 5.74) is 1.05. The number of carbonyl (C=O) groups excluding carboxylic acids is 2. The van der Waals surface area contributed by atoms with Crippen molar-refractivity contribution in [2.24, 2.45) is 0 Å². The van der Waals surface area contributed by atoms with Gasteiger partial charge in [-0.05, 0) is 24.8 Å². The third kappa shape index (κ3) is 2.84. The van der Waals surface area contributed by atoms with Crippen LogP contribution in [0.4, 0.5) is 4.79 Å². The molecule has 2 aromatic rings. The Morgan fingerprint density at radius 2 is 2.23 bits per heavy atom. The molecule has 0 radical (unpaired) electrons. The van der Waals surface area contributed by atoms with E-state index in [9.17, 15) is 14.4 Å². The number of hydrogen-bond donors (Lipinski definition) is 0. The van der Waals surface area contributed by atoms with Crippen molar-refractivity contribution in [3.8, 4) is 0 Å². The molecule has 2 aromatic heterocycles. The summed E-state index contributed by atoms with van der Waals surface area (Å²) in [7, 11) is 0. The van der Waals surface area contributed by atoms with Crippen molar-refractivity contribution in [3.05, 3.63) is 33.4 Å². The molecule has 3 heterocycles. The highest BCUT2D eigenvalue weighted by Crippen LogP contribution is 2.35. The molecule has 0 spiro atoms. The van der Waals surface area contributed by atoms with Gasteiger partial charge in [-0.25, -0.2) is 14.7 Å². The zero-order valence-corrected chi connectivity index (χ0v) is 15.7. The monoisotopic (exact) mass is 391 g/mol. The molecule has 2 aliphatic rings. The SMILES string of the molecule is C=CCn1c(SCC(=O)N2CCOC2=O)nc2sc3c(c2c1=O)CCC3. The number of amides is 2. The summed E-state index contributed by atoms with van der Waals surface area (Å²) < 4.78 is 6.34. The van der Waals surface area contributed by atoms with Crippen LogP contribution in [0.2, 0.25) is 0 Å². The number of imide groups is 1. The Balaban J connectivity index is 1.66. The van der Waals surface area contributed by atoms with E-state index in [1.165, 1.54) is 16.6 Å². The Morgan fingerprint density at radius 1 is 1.38 bits per heavy atom. The highest BCUT2D eigenvalue weighted by molar-refractivity contribution is 7.99. The van der Waals surface area contributed by atoms with Crippen LogP contribution in [0.5, 0.6) is 0 Å². The Labute approximate surface area is 157 Å². The molecule has 0 aromatic carbocycles. The molecule has 0 saturated carbocycles. The molecular weight excluding hydrogens is 374 g/mol. The van der Waals surface area contributed by atoms with Gasteiger partial charge in [0.05, 0.1) is 17.7 Å². The Morgan fingerprint density at radius 3 is 2.96 bits per heavy atom. The minimum absolute atomic E-state index is 0.0231. The minimum Gasteiger partial charge on any atom is -0.447 e. The quantitative estimate of drug-likeness (QED) is 0.442. The average Bonchev–Trinajstić information content (AvgIpc) is 3.31. The number of allylic oxidation sites excluding steroid dienone is 1. The van der Waals surface area contributed by atoms with Gasteiger partial charge in [0.15, 0.2) is 5.16 Å². The summed E-state index contributed by atoms with van der Waals surface area (Å²) in [5, 5.41) is 1.19. The maximum atomic E-state index is 13.0. The van der Waals surface area contributed by atoms with E-state index >= 15 is 0 Å². The molecule has 0 N–H and O–H groups in total. The lowest BCUT2D eigenvalue weighted by atomic mass is 10.2. The molecule has 4 rings (SSSR count). The van der Waals surface area contributed by atoms with Gasteiger partial charge in [-0.15, -0.1) is 17.9 Å². The van der Waals surface area contributed by atoms with Crippen molar-refractivity contribution in [1.29, 1.82) is 0 Å². The van der Waals surface area contributed by atoms with E-state index in [0.717, 1.165) is 34.6 Å². The van der Waals surface area contributed by atoms with E-state index in [0.29, 0.717) is 17.1 Å². The first-order chi connectivity index (χ1) is 12.6. The average molecular weight is 391 g/mol. The number of aromatic nitrogens is 2. The van der Waals surface area contributed by atoms with E-state index < -0.39 is 6.09 Å². The summed E-state index contributed by atoms with van der Waals surface area (Å²) in [6.07, 6.45) is 4.02. The Hall–Kier alpha value is -2.13. The number of thioether (sulfide) groups is 1. The van der Waals surface area contributed by atoms with Gasteiger partial charge in [0.1, 0.15) is 11.4 Å². The molecule has 1 saturated heterocycles. The fourth-order valence-electron chi connectivity index (χ4n) is 3.28. The summed E-state index contributed by atoms with van der Waals surface area (Å²) in [4.78, 5) is 44.4. The van der Waals surface area contributed by atoms with Gasteiger partial charge in [-0.3, -0.25) is 14.2 Å². The number of nitrogens with zero attached hydrogens (tertiary/aromatic N) is 3. The molecule has 0 unspecified atom stereocenters. The van der Waals surface area contributed by atoms with E-state index in [2.05, 4.69) is 11.6 Å². The van der Waals surface area contributed by atoms with E-state index in [4.69, 9.17) is 4.74 Å². The fraction of sp³-hybridized carbons (Fsp3) is 0.412. The smallest absolute Gasteiger partial charge is 0.416 e. The van der Waals surface area contributed by atoms with Crippen molar-refractivity contribution in [1.82, 2.24) is 14.5 Å². The van der Waals surface area contributed by atoms with Gasteiger partial charge < -0.3 is 4.74 Å². The largest absolute Gasteiger partial charge is 0.447 e. The number of hydrogen-bond acceptors (Lipinski definition) is 7. The number of rotatable bonds is 5. The number of ether oxygens (including phenoxy) is 1. The van der Waals surface area contributed by atoms with Gasteiger partial charge in [-0.1, -0.05) is 17.8 Å². The number of fused-ring (bicyclic) bond motifs is 3. The summed E-state index contributed by atoms with van der Waals surface area (Å²) in [5.74, 6) is -0.319. The maximum Gasteiger partial charge on any atom is 0.416 e. The molecule has 1 fully saturated rings. The first kappa shape index (κ1) is 17.3. The predicted molar refractivity (Wildman–Crippen MR) is 99.9 cm³/mol. The molecule has 0 bridgehead atoms. The topological polar surface area (TPSA) is 81.5 Å². The number of cyclic esters (lactones) is 1. The molecule has 136 valence electrons. The first-order valence-corrected chi connectivity index (χ1v) is 10.2. The minimum atomic E-state index is -0.614. The lowest BCUT2D eigenvalue weighted by molar-refractivity contribution is -0.125. The molecule has 2 amide bonds. The van der Waals surface area contributed by atoms with Gasteiger partial charge in [0, 0.05) is 11.4 Å². The van der Waals surface area contributed by atoms with Crippen LogP contribution in [-0.4, -0.2) is 45.4 Å². The van der Waals surface area contributed by atoms with Crippen LogP contribution in [-0.2, 0) is 28.9 Å². The van der Waals surface area contributed by atoms with Crippen LogP contribution < -0.4 is 5.56 Å². The highest BCUT2D eigenvalue weighted by atomic mass is 32.2. The summed E-state index contributed by atoms with van der Waals surface area (Å²) in [6.45, 7) is 4.53. The van der Waals surface area contributed by atoms with Crippen LogP contribution in [0, 0.1) is 0 Å². The molecular formula is C17H17N3O4S2. The summed E-state index contributed by atoms with van der Waals surface area (Å²) in [6, 6.07) is 0. The molecule has 26 heavy (non-hydrogen) atoms. The Kier molecular flexibility index (Phi) is 4.58. The second kappa shape index (κ2) is 6.88. The lowest BCUT2D eigenvalue weighted by Gasteiger charge is -2.12. The third-order valence-corrected chi connectivity index (χ3v) is 6.63. The number of carbonyl (C=O) groups is 2. The highest BCUT2D eigenvalue weighted by Gasteiger charge is 2.29. The van der Waals surface area contributed by atoms with Crippen molar-refractivity contribution >= 4 is 45.3 Å². The fourth-order valence-corrected chi connectivity index (χ4v) is 5.47. The van der Waals surface area contributed by atoms with Gasteiger partial charge in [0.25, 0.3) is 5.56 Å². The van der Waals surface area contributed by atoms with E-state index in [-0.39, 0.29) is 30.4 Å². The second-order valence-corrected chi connectivity index (χ2v) is 8.11. The van der Waals surface area contributed by atoms with Crippen LogP contribution in [0.3, 0.4) is 0 Å². The van der Waals surface area contributed by atoms with Gasteiger partial charge >= 0.3 is 6.09 Å². The second-order valence-electron chi connectivity index (χ2n) is 6.08. The molecule has 0 atom stereocenters. The molecule has 1 aliphatic heterocycles. The van der Waals surface area contributed by atoms with Crippen LogP contribution in [0.25, 0.3) is 10.2 Å². The molecule has 7 nitrogen and oxygen atoms in total. The molecule has 9 heteroatoms. The van der Waals surface area contributed by atoms with Crippen LogP contribution in [0.1, 0.15) is 16.9 Å². The van der Waals surface area contributed by atoms with E-state index in [1.807, 2.05) is 0 Å². The van der Waals surface area contributed by atoms with Crippen LogP contribution in [0.15, 0.2) is 22.6 Å². The Bertz CT molecular complexity index is 979. The lowest BCUT2D eigenvalue weighted by Crippen LogP contribution is -2.33. The van der Waals surface area contributed by atoms with E-state index in [1.54, 1.807) is 22.0 Å². The molecule has 1 aliphatic carbocycles. The third-order valence-electron chi connectivity index (χ3n) is 4.49. The van der Waals surface area contributed by atoms with Crippen LogP contribution >= 0.6 is 23.1 Å². The maximum absolute atomic E-state index is 13.0. The number of aryl methyl sites for hydroxylation is 2. The zero-order valence-electron chi connectivity index (χ0n) is 14.0. The van der Waals surface area contributed by atoms with Crippen molar-refractivity contribution < 1.29 is 14.3 Å². The van der Waals surface area contributed by atoms with Gasteiger partial charge in [-0.2, -0.15) is 0 Å². The zero-order chi connectivity index (χ0) is 18.3. The van der Waals surface area contributed by atoms with Crippen molar-refractivity contribution in [2.45, 2.75) is 31.0 Å². The van der Waals surface area contributed by atoms with Gasteiger partial charge in [0.2, 0.25) is 5.91 Å². The first-order valence-electron chi connectivity index (χ1n) is 8.36. The standard InChI is InChI=1S/C17H17N3O4S2/c1-2-6-20-15(22)13-10-4-3-5-11(10)26-14(13)18-16(20)25-9-12(21)19-7-8-24-17(19)23/h2H,1,3-9H2. The normalized spacial score (nSPS) is 16.2.